The minimum atomic E-state index is -3.99. The molecule has 1 saturated heterocycles. The molecule has 1 amide bonds. The summed E-state index contributed by atoms with van der Waals surface area (Å²) in [7, 11) is -3.99. The maximum Gasteiger partial charge on any atom is 0.339 e. The van der Waals surface area contributed by atoms with Gasteiger partial charge in [-0.3, -0.25) is 4.79 Å². The lowest BCUT2D eigenvalue weighted by Gasteiger charge is -2.17. The summed E-state index contributed by atoms with van der Waals surface area (Å²) in [5.41, 5.74) is 2.04. The van der Waals surface area contributed by atoms with Gasteiger partial charge < -0.3 is 9.08 Å². The van der Waals surface area contributed by atoms with Gasteiger partial charge in [0.05, 0.1) is 5.69 Å². The average Bonchev–Trinajstić information content (AvgIpc) is 3.33. The number of hydrogen-bond acceptors (Lipinski definition) is 5. The molecule has 2 heterocycles. The van der Waals surface area contributed by atoms with E-state index in [0.717, 1.165) is 12.1 Å². The lowest BCUT2D eigenvalue weighted by Crippen LogP contribution is -2.24. The Hall–Kier alpha value is -3.13. The first kappa shape index (κ1) is 18.2. The number of carbonyl (C=O) groups excluding carboxylic acids is 1. The second-order valence-corrected chi connectivity index (χ2v) is 8.10. The molecule has 0 unspecified atom stereocenters. The van der Waals surface area contributed by atoms with E-state index in [4.69, 9.17) is 4.18 Å². The molecule has 1 aliphatic rings. The predicted octanol–water partition coefficient (Wildman–Crippen LogP) is 3.08. The van der Waals surface area contributed by atoms with E-state index in [0.29, 0.717) is 24.2 Å². The van der Waals surface area contributed by atoms with Gasteiger partial charge in [0.15, 0.2) is 0 Å². The minimum absolute atomic E-state index is 0.0588. The van der Waals surface area contributed by atoms with Crippen molar-refractivity contribution >= 4 is 21.7 Å². The molecular weight excluding hydrogens is 378 g/mol. The van der Waals surface area contributed by atoms with Crippen LogP contribution in [-0.4, -0.2) is 30.7 Å². The molecular formula is C20H19N3O4S. The summed E-state index contributed by atoms with van der Waals surface area (Å²) < 4.78 is 32.4. The highest BCUT2D eigenvalue weighted by molar-refractivity contribution is 7.87. The molecule has 0 N–H and O–H groups in total. The van der Waals surface area contributed by atoms with Crippen molar-refractivity contribution in [2.24, 2.45) is 0 Å². The second kappa shape index (κ2) is 7.12. The summed E-state index contributed by atoms with van der Waals surface area (Å²) in [4.78, 5) is 13.7. The summed E-state index contributed by atoms with van der Waals surface area (Å²) >= 11 is 0. The van der Waals surface area contributed by atoms with E-state index in [1.54, 1.807) is 71.4 Å². The highest BCUT2D eigenvalue weighted by Crippen LogP contribution is 2.28. The monoisotopic (exact) mass is 397 g/mol. The van der Waals surface area contributed by atoms with Crippen molar-refractivity contribution in [1.82, 2.24) is 9.78 Å². The first-order chi connectivity index (χ1) is 13.4. The quantitative estimate of drug-likeness (QED) is 0.618. The van der Waals surface area contributed by atoms with Crippen LogP contribution in [0.3, 0.4) is 0 Å². The Morgan fingerprint density at radius 1 is 1.07 bits per heavy atom. The summed E-state index contributed by atoms with van der Waals surface area (Å²) in [5, 5.41) is 4.13. The van der Waals surface area contributed by atoms with Crippen molar-refractivity contribution in [2.75, 3.05) is 11.4 Å². The number of amides is 1. The van der Waals surface area contributed by atoms with Crippen LogP contribution < -0.4 is 9.08 Å². The Balaban J connectivity index is 1.55. The molecule has 4 rings (SSSR count). The smallest absolute Gasteiger partial charge is 0.339 e. The fourth-order valence-corrected chi connectivity index (χ4v) is 4.39. The lowest BCUT2D eigenvalue weighted by molar-refractivity contribution is -0.117. The van der Waals surface area contributed by atoms with E-state index in [1.165, 1.54) is 6.07 Å². The normalized spacial score (nSPS) is 14.5. The third-order valence-corrected chi connectivity index (χ3v) is 6.03. The number of benzene rings is 2. The van der Waals surface area contributed by atoms with E-state index in [9.17, 15) is 13.2 Å². The second-order valence-electron chi connectivity index (χ2n) is 6.58. The Labute approximate surface area is 163 Å². The summed E-state index contributed by atoms with van der Waals surface area (Å²) in [6.07, 6.45) is 4.80. The van der Waals surface area contributed by atoms with Crippen LogP contribution in [0.15, 0.2) is 65.8 Å². The van der Waals surface area contributed by atoms with Crippen molar-refractivity contribution in [3.63, 3.8) is 0 Å². The van der Waals surface area contributed by atoms with E-state index >= 15 is 0 Å². The van der Waals surface area contributed by atoms with Crippen molar-refractivity contribution in [1.29, 1.82) is 0 Å². The summed E-state index contributed by atoms with van der Waals surface area (Å²) in [6, 6.07) is 13.3. The molecule has 7 nitrogen and oxygen atoms in total. The molecule has 3 aromatic rings. The van der Waals surface area contributed by atoms with Crippen LogP contribution >= 0.6 is 0 Å². The summed E-state index contributed by atoms with van der Waals surface area (Å²) in [5.74, 6) is 0.276. The van der Waals surface area contributed by atoms with Crippen molar-refractivity contribution in [3.8, 4) is 11.4 Å². The molecule has 0 atom stereocenters. The van der Waals surface area contributed by atoms with Gasteiger partial charge in [-0.05, 0) is 67.4 Å². The van der Waals surface area contributed by atoms with E-state index < -0.39 is 10.1 Å². The number of nitrogens with zero attached hydrogens (tertiary/aromatic N) is 3. The van der Waals surface area contributed by atoms with Crippen LogP contribution in [0, 0.1) is 6.92 Å². The Morgan fingerprint density at radius 2 is 1.82 bits per heavy atom. The van der Waals surface area contributed by atoms with Crippen LogP contribution in [-0.2, 0) is 14.9 Å². The zero-order valence-electron chi connectivity index (χ0n) is 15.3. The van der Waals surface area contributed by atoms with Crippen molar-refractivity contribution in [3.05, 3.63) is 66.5 Å². The minimum Gasteiger partial charge on any atom is -0.379 e. The fourth-order valence-electron chi connectivity index (χ4n) is 3.25. The lowest BCUT2D eigenvalue weighted by atomic mass is 10.2. The van der Waals surface area contributed by atoms with Gasteiger partial charge in [0, 0.05) is 31.0 Å². The van der Waals surface area contributed by atoms with Crippen molar-refractivity contribution in [2.45, 2.75) is 24.7 Å². The topological polar surface area (TPSA) is 81.5 Å². The summed E-state index contributed by atoms with van der Waals surface area (Å²) in [6.45, 7) is 2.35. The average molecular weight is 397 g/mol. The SMILES string of the molecule is Cc1cc(N2CCCC2=O)ccc1S(=O)(=O)Oc1ccc(-n2cccn2)cc1. The molecule has 0 aliphatic carbocycles. The maximum atomic E-state index is 12.7. The number of hydrogen-bond donors (Lipinski definition) is 0. The highest BCUT2D eigenvalue weighted by Gasteiger charge is 2.24. The number of rotatable bonds is 5. The zero-order valence-corrected chi connectivity index (χ0v) is 16.1. The number of anilines is 1. The van der Waals surface area contributed by atoms with Gasteiger partial charge in [0.25, 0.3) is 0 Å². The molecule has 0 spiro atoms. The molecule has 1 aromatic heterocycles. The van der Waals surface area contributed by atoms with Gasteiger partial charge in [-0.25, -0.2) is 4.68 Å². The first-order valence-corrected chi connectivity index (χ1v) is 10.3. The molecule has 8 heteroatoms. The van der Waals surface area contributed by atoms with Gasteiger partial charge in [-0.15, -0.1) is 0 Å². The van der Waals surface area contributed by atoms with Crippen LogP contribution in [0.2, 0.25) is 0 Å². The molecule has 2 aromatic carbocycles. The van der Waals surface area contributed by atoms with Gasteiger partial charge in [-0.1, -0.05) is 0 Å². The largest absolute Gasteiger partial charge is 0.379 e. The highest BCUT2D eigenvalue weighted by atomic mass is 32.2. The Morgan fingerprint density at radius 3 is 2.43 bits per heavy atom. The molecule has 144 valence electrons. The molecule has 0 saturated carbocycles. The number of carbonyl (C=O) groups is 1. The van der Waals surface area contributed by atoms with Gasteiger partial charge >= 0.3 is 10.1 Å². The Kier molecular flexibility index (Phi) is 4.64. The van der Waals surface area contributed by atoms with Gasteiger partial charge in [0.2, 0.25) is 5.91 Å². The standard InChI is InChI=1S/C20H19N3O4S/c1-15-14-17(22-12-2-4-20(22)24)7-10-19(15)28(25,26)27-18-8-5-16(6-9-18)23-13-3-11-21-23/h3,5-11,13-14H,2,4,12H2,1H3. The van der Waals surface area contributed by atoms with E-state index in [-0.39, 0.29) is 16.6 Å². The molecule has 0 radical (unpaired) electrons. The molecule has 28 heavy (non-hydrogen) atoms. The fraction of sp³-hybridized carbons (Fsp3) is 0.200. The Bertz CT molecular complexity index is 1110. The molecule has 1 fully saturated rings. The van der Waals surface area contributed by atoms with Crippen LogP contribution in [0.5, 0.6) is 5.75 Å². The van der Waals surface area contributed by atoms with Crippen LogP contribution in [0.4, 0.5) is 5.69 Å². The third-order valence-electron chi connectivity index (χ3n) is 4.62. The number of aromatic nitrogens is 2. The number of aryl methyl sites for hydroxylation is 1. The first-order valence-electron chi connectivity index (χ1n) is 8.90. The zero-order chi connectivity index (χ0) is 19.7. The maximum absolute atomic E-state index is 12.7. The van der Waals surface area contributed by atoms with E-state index in [2.05, 4.69) is 5.10 Å². The van der Waals surface area contributed by atoms with Gasteiger partial charge in [-0.2, -0.15) is 13.5 Å². The van der Waals surface area contributed by atoms with Crippen molar-refractivity contribution < 1.29 is 17.4 Å². The van der Waals surface area contributed by atoms with Crippen LogP contribution in [0.25, 0.3) is 5.69 Å². The van der Waals surface area contributed by atoms with Crippen LogP contribution in [0.1, 0.15) is 18.4 Å². The van der Waals surface area contributed by atoms with Gasteiger partial charge in [0.1, 0.15) is 10.6 Å². The van der Waals surface area contributed by atoms with E-state index in [1.807, 2.05) is 0 Å². The molecule has 1 aliphatic heterocycles. The molecule has 0 bridgehead atoms. The predicted molar refractivity (Wildman–Crippen MR) is 104 cm³/mol. The third kappa shape index (κ3) is 3.50.